The highest BCUT2D eigenvalue weighted by molar-refractivity contribution is 4.63. The first-order valence-corrected chi connectivity index (χ1v) is 7.12. The summed E-state index contributed by atoms with van der Waals surface area (Å²) in [6, 6.07) is 0.411. The maximum atomic E-state index is 5.55. The SMILES string of the molecule is CC.CC1CCCCC1.NC1CCOCC1. The zero-order valence-electron chi connectivity index (χ0n) is 11.5. The van der Waals surface area contributed by atoms with Crippen LogP contribution in [-0.4, -0.2) is 19.3 Å². The van der Waals surface area contributed by atoms with Gasteiger partial charge in [-0.15, -0.1) is 0 Å². The first-order valence-electron chi connectivity index (χ1n) is 7.12. The lowest BCUT2D eigenvalue weighted by molar-refractivity contribution is 0.0866. The Bertz CT molecular complexity index is 111. The number of hydrogen-bond acceptors (Lipinski definition) is 2. The van der Waals surface area contributed by atoms with Crippen molar-refractivity contribution in [1.29, 1.82) is 0 Å². The molecule has 98 valence electrons. The third kappa shape index (κ3) is 9.17. The van der Waals surface area contributed by atoms with Crippen molar-refractivity contribution in [3.8, 4) is 0 Å². The predicted molar refractivity (Wildman–Crippen MR) is 71.6 cm³/mol. The average molecular weight is 229 g/mol. The van der Waals surface area contributed by atoms with Crippen LogP contribution in [0.2, 0.25) is 0 Å². The molecule has 0 radical (unpaired) electrons. The van der Waals surface area contributed by atoms with Gasteiger partial charge < -0.3 is 10.5 Å². The van der Waals surface area contributed by atoms with Crippen LogP contribution in [0.1, 0.15) is 65.7 Å². The predicted octanol–water partition coefficient (Wildman–Crippen LogP) is 3.74. The van der Waals surface area contributed by atoms with Crippen LogP contribution in [0.3, 0.4) is 0 Å². The van der Waals surface area contributed by atoms with Gasteiger partial charge in [-0.1, -0.05) is 52.9 Å². The monoisotopic (exact) mass is 229 g/mol. The van der Waals surface area contributed by atoms with Gasteiger partial charge in [0.2, 0.25) is 0 Å². The van der Waals surface area contributed by atoms with Crippen molar-refractivity contribution in [3.63, 3.8) is 0 Å². The normalized spacial score (nSPS) is 22.5. The fraction of sp³-hybridized carbons (Fsp3) is 1.00. The summed E-state index contributed by atoms with van der Waals surface area (Å²) < 4.78 is 5.06. The third-order valence-corrected chi connectivity index (χ3v) is 3.16. The molecule has 1 saturated heterocycles. The average Bonchev–Trinajstić information content (AvgIpc) is 2.34. The summed E-state index contributed by atoms with van der Waals surface area (Å²) in [6.45, 7) is 8.08. The second-order valence-corrected chi connectivity index (χ2v) is 4.69. The van der Waals surface area contributed by atoms with Gasteiger partial charge in [0.05, 0.1) is 0 Å². The van der Waals surface area contributed by atoms with Crippen LogP contribution in [0, 0.1) is 5.92 Å². The van der Waals surface area contributed by atoms with Gasteiger partial charge in [0.1, 0.15) is 0 Å². The molecule has 1 aliphatic heterocycles. The van der Waals surface area contributed by atoms with E-state index in [4.69, 9.17) is 10.5 Å². The molecule has 0 aromatic heterocycles. The molecule has 16 heavy (non-hydrogen) atoms. The summed E-state index contributed by atoms with van der Waals surface area (Å²) >= 11 is 0. The van der Waals surface area contributed by atoms with E-state index in [-0.39, 0.29) is 0 Å². The molecule has 1 saturated carbocycles. The summed E-state index contributed by atoms with van der Waals surface area (Å²) in [7, 11) is 0. The molecular weight excluding hydrogens is 198 g/mol. The summed E-state index contributed by atoms with van der Waals surface area (Å²) in [6.07, 6.45) is 9.52. The number of hydrogen-bond donors (Lipinski definition) is 1. The molecule has 0 unspecified atom stereocenters. The highest BCUT2D eigenvalue weighted by Crippen LogP contribution is 2.22. The number of ether oxygens (including phenoxy) is 1. The summed E-state index contributed by atoms with van der Waals surface area (Å²) in [4.78, 5) is 0. The van der Waals surface area contributed by atoms with Gasteiger partial charge in [0, 0.05) is 19.3 Å². The van der Waals surface area contributed by atoms with E-state index in [1.165, 1.54) is 32.1 Å². The van der Waals surface area contributed by atoms with Crippen LogP contribution in [0.4, 0.5) is 0 Å². The van der Waals surface area contributed by atoms with Crippen molar-refractivity contribution in [2.45, 2.75) is 71.8 Å². The van der Waals surface area contributed by atoms with Gasteiger partial charge >= 0.3 is 0 Å². The Morgan fingerprint density at radius 2 is 1.38 bits per heavy atom. The second-order valence-electron chi connectivity index (χ2n) is 4.69. The highest BCUT2D eigenvalue weighted by atomic mass is 16.5. The molecule has 2 N–H and O–H groups in total. The molecule has 1 aliphatic carbocycles. The fourth-order valence-corrected chi connectivity index (χ4v) is 2.02. The van der Waals surface area contributed by atoms with Gasteiger partial charge in [-0.25, -0.2) is 0 Å². The van der Waals surface area contributed by atoms with Crippen molar-refractivity contribution in [1.82, 2.24) is 0 Å². The topological polar surface area (TPSA) is 35.2 Å². The Labute approximate surface area is 102 Å². The molecule has 0 aromatic rings. The Morgan fingerprint density at radius 1 is 0.875 bits per heavy atom. The zero-order chi connectivity index (χ0) is 12.2. The largest absolute Gasteiger partial charge is 0.381 e. The van der Waals surface area contributed by atoms with Crippen LogP contribution >= 0.6 is 0 Å². The number of nitrogens with two attached hydrogens (primary N) is 1. The van der Waals surface area contributed by atoms with E-state index >= 15 is 0 Å². The molecule has 1 heterocycles. The van der Waals surface area contributed by atoms with E-state index < -0.39 is 0 Å². The lowest BCUT2D eigenvalue weighted by Gasteiger charge is -2.16. The Balaban J connectivity index is 0.000000244. The minimum absolute atomic E-state index is 0.411. The van der Waals surface area contributed by atoms with Gasteiger partial charge in [-0.05, 0) is 18.8 Å². The first kappa shape index (κ1) is 15.9. The molecule has 2 rings (SSSR count). The van der Waals surface area contributed by atoms with Crippen molar-refractivity contribution >= 4 is 0 Å². The molecule has 0 bridgehead atoms. The van der Waals surface area contributed by atoms with Crippen LogP contribution in [0.25, 0.3) is 0 Å². The fourth-order valence-electron chi connectivity index (χ4n) is 2.02. The first-order chi connectivity index (χ1) is 7.79. The van der Waals surface area contributed by atoms with Crippen molar-refractivity contribution < 1.29 is 4.74 Å². The van der Waals surface area contributed by atoms with Crippen LogP contribution in [0.5, 0.6) is 0 Å². The quantitative estimate of drug-likeness (QED) is 0.687. The van der Waals surface area contributed by atoms with Gasteiger partial charge in [-0.3, -0.25) is 0 Å². The van der Waals surface area contributed by atoms with Crippen LogP contribution in [0.15, 0.2) is 0 Å². The standard InChI is InChI=1S/C7H14.C5H11NO.C2H6/c1-7-5-3-2-4-6-7;6-5-1-3-7-4-2-5;1-2/h7H,2-6H2,1H3;5H,1-4,6H2;1-2H3. The molecule has 0 atom stereocenters. The van der Waals surface area contributed by atoms with Crippen molar-refractivity contribution in [3.05, 3.63) is 0 Å². The van der Waals surface area contributed by atoms with Crippen LogP contribution < -0.4 is 5.73 Å². The van der Waals surface area contributed by atoms with E-state index in [2.05, 4.69) is 6.92 Å². The van der Waals surface area contributed by atoms with E-state index in [0.29, 0.717) is 6.04 Å². The van der Waals surface area contributed by atoms with E-state index in [1.54, 1.807) is 0 Å². The Kier molecular flexibility index (Phi) is 11.3. The summed E-state index contributed by atoms with van der Waals surface area (Å²) in [5, 5.41) is 0. The molecule has 0 amide bonds. The number of rotatable bonds is 0. The lowest BCUT2D eigenvalue weighted by Crippen LogP contribution is -2.28. The van der Waals surface area contributed by atoms with Crippen molar-refractivity contribution in [2.24, 2.45) is 11.7 Å². The minimum Gasteiger partial charge on any atom is -0.381 e. The minimum atomic E-state index is 0.411. The molecule has 2 heteroatoms. The van der Waals surface area contributed by atoms with Gasteiger partial charge in [0.15, 0.2) is 0 Å². The zero-order valence-corrected chi connectivity index (χ0v) is 11.5. The second kappa shape index (κ2) is 11.4. The highest BCUT2D eigenvalue weighted by Gasteiger charge is 2.06. The molecule has 2 aliphatic rings. The van der Waals surface area contributed by atoms with Crippen LogP contribution in [-0.2, 0) is 4.74 Å². The van der Waals surface area contributed by atoms with E-state index in [1.807, 2.05) is 13.8 Å². The molecule has 0 spiro atoms. The van der Waals surface area contributed by atoms with E-state index in [9.17, 15) is 0 Å². The summed E-state index contributed by atoms with van der Waals surface area (Å²) in [5.41, 5.74) is 5.55. The third-order valence-electron chi connectivity index (χ3n) is 3.16. The summed E-state index contributed by atoms with van der Waals surface area (Å²) in [5.74, 6) is 1.04. The maximum Gasteiger partial charge on any atom is 0.0480 e. The molecular formula is C14H31NO. The Morgan fingerprint density at radius 3 is 1.62 bits per heavy atom. The molecule has 2 fully saturated rings. The van der Waals surface area contributed by atoms with E-state index in [0.717, 1.165) is 32.0 Å². The molecule has 2 nitrogen and oxygen atoms in total. The Hall–Kier alpha value is -0.0800. The molecule has 0 aromatic carbocycles. The van der Waals surface area contributed by atoms with Gasteiger partial charge in [0.25, 0.3) is 0 Å². The van der Waals surface area contributed by atoms with Gasteiger partial charge in [-0.2, -0.15) is 0 Å². The van der Waals surface area contributed by atoms with Crippen molar-refractivity contribution in [2.75, 3.05) is 13.2 Å². The maximum absolute atomic E-state index is 5.55. The smallest absolute Gasteiger partial charge is 0.0480 e. The lowest BCUT2D eigenvalue weighted by atomic mass is 9.91.